The first-order valence-electron chi connectivity index (χ1n) is 8.30. The second kappa shape index (κ2) is 5.96. The normalized spacial score (nSPS) is 27.4. The maximum Gasteiger partial charge on any atom is 0.123 e. The molecule has 0 saturated heterocycles. The van der Waals surface area contributed by atoms with Crippen LogP contribution in [0.4, 0.5) is 10.1 Å². The van der Waals surface area contributed by atoms with Gasteiger partial charge < -0.3 is 10.1 Å². The smallest absolute Gasteiger partial charge is 0.123 e. The molecule has 2 aliphatic rings. The molecule has 2 aliphatic carbocycles. The molecule has 3 heteroatoms. The van der Waals surface area contributed by atoms with Gasteiger partial charge in [-0.3, -0.25) is 0 Å². The SMILES string of the molecule is CCOC1CC(Nc2ccc(F)cc2C)C12CCCCC2. The standard InChI is InChI=1S/C18H26FNO/c1-3-21-17-12-16(18(17)9-5-4-6-10-18)20-15-8-7-14(19)11-13(15)2/h7-8,11,16-17,20H,3-6,9-10,12H2,1-2H3. The lowest BCUT2D eigenvalue weighted by molar-refractivity contribution is -0.134. The van der Waals surface area contributed by atoms with E-state index in [4.69, 9.17) is 4.74 Å². The van der Waals surface area contributed by atoms with Crippen molar-refractivity contribution in [3.63, 3.8) is 0 Å². The van der Waals surface area contributed by atoms with E-state index in [-0.39, 0.29) is 5.82 Å². The van der Waals surface area contributed by atoms with Crippen molar-refractivity contribution in [2.75, 3.05) is 11.9 Å². The fourth-order valence-electron chi connectivity index (χ4n) is 4.24. The van der Waals surface area contributed by atoms with Crippen LogP contribution in [0.15, 0.2) is 18.2 Å². The van der Waals surface area contributed by atoms with Gasteiger partial charge in [-0.05, 0) is 56.9 Å². The summed E-state index contributed by atoms with van der Waals surface area (Å²) in [5, 5.41) is 3.68. The average molecular weight is 291 g/mol. The number of benzene rings is 1. The van der Waals surface area contributed by atoms with Crippen LogP contribution in [-0.4, -0.2) is 18.8 Å². The summed E-state index contributed by atoms with van der Waals surface area (Å²) in [5.74, 6) is -0.161. The molecular formula is C18H26FNO. The number of rotatable bonds is 4. The predicted octanol–water partition coefficient (Wildman–Crippen LogP) is 4.67. The Labute approximate surface area is 127 Å². The Bertz CT molecular complexity index is 496. The molecule has 2 saturated carbocycles. The van der Waals surface area contributed by atoms with E-state index >= 15 is 0 Å². The number of nitrogens with one attached hydrogen (secondary N) is 1. The third-order valence-electron chi connectivity index (χ3n) is 5.46. The van der Waals surface area contributed by atoms with Crippen molar-refractivity contribution in [3.05, 3.63) is 29.6 Å². The highest BCUT2D eigenvalue weighted by atomic mass is 19.1. The van der Waals surface area contributed by atoms with Crippen molar-refractivity contribution in [3.8, 4) is 0 Å². The van der Waals surface area contributed by atoms with Crippen LogP contribution in [0.5, 0.6) is 0 Å². The Morgan fingerprint density at radius 3 is 2.71 bits per heavy atom. The fraction of sp³-hybridized carbons (Fsp3) is 0.667. The number of aryl methyl sites for hydroxylation is 1. The number of hydrogen-bond donors (Lipinski definition) is 1. The molecule has 0 aromatic heterocycles. The molecule has 2 fully saturated rings. The Kier molecular flexibility index (Phi) is 4.21. The van der Waals surface area contributed by atoms with Crippen LogP contribution in [-0.2, 0) is 4.74 Å². The molecule has 3 rings (SSSR count). The molecule has 1 aromatic carbocycles. The van der Waals surface area contributed by atoms with E-state index in [0.717, 1.165) is 24.3 Å². The van der Waals surface area contributed by atoms with Gasteiger partial charge >= 0.3 is 0 Å². The van der Waals surface area contributed by atoms with Gasteiger partial charge in [0, 0.05) is 23.8 Å². The summed E-state index contributed by atoms with van der Waals surface area (Å²) in [7, 11) is 0. The molecule has 2 atom stereocenters. The van der Waals surface area contributed by atoms with Crippen LogP contribution in [0.3, 0.4) is 0 Å². The second-order valence-corrected chi connectivity index (χ2v) is 6.63. The van der Waals surface area contributed by atoms with Gasteiger partial charge in [-0.25, -0.2) is 4.39 Å². The van der Waals surface area contributed by atoms with Gasteiger partial charge in [0.2, 0.25) is 0 Å². The first-order valence-corrected chi connectivity index (χ1v) is 8.30. The van der Waals surface area contributed by atoms with Gasteiger partial charge in [0.1, 0.15) is 5.82 Å². The average Bonchev–Trinajstić information content (AvgIpc) is 2.49. The van der Waals surface area contributed by atoms with Gasteiger partial charge in [-0.15, -0.1) is 0 Å². The van der Waals surface area contributed by atoms with E-state index < -0.39 is 0 Å². The topological polar surface area (TPSA) is 21.3 Å². The predicted molar refractivity (Wildman–Crippen MR) is 84.1 cm³/mol. The molecular weight excluding hydrogens is 265 g/mol. The molecule has 1 spiro atoms. The molecule has 0 aliphatic heterocycles. The Morgan fingerprint density at radius 1 is 1.29 bits per heavy atom. The zero-order valence-electron chi connectivity index (χ0n) is 13.1. The lowest BCUT2D eigenvalue weighted by atomic mass is 9.55. The molecule has 0 heterocycles. The maximum absolute atomic E-state index is 13.2. The number of anilines is 1. The van der Waals surface area contributed by atoms with Crippen LogP contribution >= 0.6 is 0 Å². The van der Waals surface area contributed by atoms with E-state index in [1.807, 2.05) is 13.0 Å². The summed E-state index contributed by atoms with van der Waals surface area (Å²) in [6, 6.07) is 5.49. The van der Waals surface area contributed by atoms with Gasteiger partial charge in [-0.1, -0.05) is 19.3 Å². The lowest BCUT2D eigenvalue weighted by Crippen LogP contribution is -2.62. The highest BCUT2D eigenvalue weighted by Crippen LogP contribution is 2.54. The fourth-order valence-corrected chi connectivity index (χ4v) is 4.24. The highest BCUT2D eigenvalue weighted by molar-refractivity contribution is 5.52. The molecule has 1 N–H and O–H groups in total. The molecule has 0 bridgehead atoms. The van der Waals surface area contributed by atoms with Crippen molar-refractivity contribution < 1.29 is 9.13 Å². The van der Waals surface area contributed by atoms with Crippen molar-refractivity contribution >= 4 is 5.69 Å². The third kappa shape index (κ3) is 2.68. The van der Waals surface area contributed by atoms with Crippen LogP contribution in [0.2, 0.25) is 0 Å². The maximum atomic E-state index is 13.2. The third-order valence-corrected chi connectivity index (χ3v) is 5.46. The van der Waals surface area contributed by atoms with Crippen molar-refractivity contribution in [2.45, 2.75) is 64.5 Å². The molecule has 0 amide bonds. The molecule has 2 unspecified atom stereocenters. The first kappa shape index (κ1) is 14.8. The number of ether oxygens (including phenoxy) is 1. The summed E-state index contributed by atoms with van der Waals surface area (Å²) in [6.45, 7) is 4.85. The quantitative estimate of drug-likeness (QED) is 0.870. The zero-order chi connectivity index (χ0) is 14.9. The molecule has 21 heavy (non-hydrogen) atoms. The molecule has 116 valence electrons. The van der Waals surface area contributed by atoms with Crippen LogP contribution in [0, 0.1) is 18.2 Å². The van der Waals surface area contributed by atoms with Gasteiger partial charge in [0.25, 0.3) is 0 Å². The first-order chi connectivity index (χ1) is 10.2. The minimum absolute atomic E-state index is 0.161. The molecule has 0 radical (unpaired) electrons. The highest BCUT2D eigenvalue weighted by Gasteiger charge is 2.55. The minimum Gasteiger partial charge on any atom is -0.381 e. The number of halogens is 1. The van der Waals surface area contributed by atoms with Gasteiger partial charge in [-0.2, -0.15) is 0 Å². The summed E-state index contributed by atoms with van der Waals surface area (Å²) < 4.78 is 19.2. The van der Waals surface area contributed by atoms with Crippen LogP contribution in [0.1, 0.15) is 51.0 Å². The molecule has 1 aromatic rings. The Balaban J connectivity index is 1.75. The monoisotopic (exact) mass is 291 g/mol. The van der Waals surface area contributed by atoms with E-state index in [0.29, 0.717) is 17.6 Å². The van der Waals surface area contributed by atoms with E-state index in [1.165, 1.54) is 32.1 Å². The Hall–Kier alpha value is -1.09. The van der Waals surface area contributed by atoms with Gasteiger partial charge in [0.05, 0.1) is 6.10 Å². The summed E-state index contributed by atoms with van der Waals surface area (Å²) in [4.78, 5) is 0. The number of hydrogen-bond acceptors (Lipinski definition) is 2. The zero-order valence-corrected chi connectivity index (χ0v) is 13.1. The van der Waals surface area contributed by atoms with Gasteiger partial charge in [0.15, 0.2) is 0 Å². The van der Waals surface area contributed by atoms with Crippen LogP contribution < -0.4 is 5.32 Å². The minimum atomic E-state index is -0.161. The van der Waals surface area contributed by atoms with E-state index in [9.17, 15) is 4.39 Å². The second-order valence-electron chi connectivity index (χ2n) is 6.63. The Morgan fingerprint density at radius 2 is 2.05 bits per heavy atom. The van der Waals surface area contributed by atoms with E-state index in [2.05, 4.69) is 12.2 Å². The van der Waals surface area contributed by atoms with Crippen molar-refractivity contribution in [1.82, 2.24) is 0 Å². The lowest BCUT2D eigenvalue weighted by Gasteiger charge is -2.58. The summed E-state index contributed by atoms with van der Waals surface area (Å²) in [5.41, 5.74) is 2.36. The van der Waals surface area contributed by atoms with E-state index in [1.54, 1.807) is 12.1 Å². The largest absolute Gasteiger partial charge is 0.381 e. The summed E-state index contributed by atoms with van der Waals surface area (Å²) >= 11 is 0. The van der Waals surface area contributed by atoms with Crippen molar-refractivity contribution in [2.24, 2.45) is 5.41 Å². The summed E-state index contributed by atoms with van der Waals surface area (Å²) in [6.07, 6.45) is 7.97. The molecule has 2 nitrogen and oxygen atoms in total. The van der Waals surface area contributed by atoms with Crippen LogP contribution in [0.25, 0.3) is 0 Å². The van der Waals surface area contributed by atoms with Crippen molar-refractivity contribution in [1.29, 1.82) is 0 Å².